The normalized spacial score (nSPS) is 10.1. The summed E-state index contributed by atoms with van der Waals surface area (Å²) >= 11 is 12.4. The summed E-state index contributed by atoms with van der Waals surface area (Å²) in [6.45, 7) is 1.87. The number of pyridine rings is 1. The van der Waals surface area contributed by atoms with Crippen molar-refractivity contribution in [3.05, 3.63) is 19.8 Å². The van der Waals surface area contributed by atoms with Gasteiger partial charge in [0, 0.05) is 5.56 Å². The van der Waals surface area contributed by atoms with Crippen molar-refractivity contribution < 1.29 is 4.74 Å². The first-order valence-corrected chi connectivity index (χ1v) is 5.09. The third-order valence-corrected chi connectivity index (χ3v) is 3.29. The van der Waals surface area contributed by atoms with Crippen molar-refractivity contribution in [3.8, 4) is 5.75 Å². The number of rotatable bonds is 1. The van der Waals surface area contributed by atoms with Gasteiger partial charge in [0.2, 0.25) is 0 Å². The minimum atomic E-state index is 0.467. The zero-order chi connectivity index (χ0) is 9.30. The molecule has 0 aliphatic rings. The first kappa shape index (κ1) is 10.3. The van der Waals surface area contributed by atoms with Crippen LogP contribution in [0.3, 0.4) is 0 Å². The van der Waals surface area contributed by atoms with E-state index in [9.17, 15) is 0 Å². The number of aromatic nitrogens is 1. The molecule has 1 heterocycles. The molecule has 1 aromatic rings. The van der Waals surface area contributed by atoms with Gasteiger partial charge in [0.1, 0.15) is 5.15 Å². The van der Waals surface area contributed by atoms with Crippen molar-refractivity contribution >= 4 is 43.5 Å². The van der Waals surface area contributed by atoms with Crippen molar-refractivity contribution in [1.82, 2.24) is 4.98 Å². The van der Waals surface area contributed by atoms with Crippen molar-refractivity contribution in [1.29, 1.82) is 0 Å². The fraction of sp³-hybridized carbons (Fsp3) is 0.286. The maximum absolute atomic E-state index is 5.82. The van der Waals surface area contributed by atoms with Crippen LogP contribution in [0.5, 0.6) is 5.75 Å². The van der Waals surface area contributed by atoms with E-state index >= 15 is 0 Å². The molecule has 12 heavy (non-hydrogen) atoms. The summed E-state index contributed by atoms with van der Waals surface area (Å²) in [4.78, 5) is 4.03. The van der Waals surface area contributed by atoms with Gasteiger partial charge in [-0.3, -0.25) is 0 Å². The van der Waals surface area contributed by atoms with Gasteiger partial charge >= 0.3 is 0 Å². The Morgan fingerprint density at radius 1 is 1.42 bits per heavy atom. The molecule has 0 bridgehead atoms. The van der Waals surface area contributed by atoms with Gasteiger partial charge in [0.05, 0.1) is 11.6 Å². The van der Waals surface area contributed by atoms with Gasteiger partial charge in [-0.25, -0.2) is 4.98 Å². The van der Waals surface area contributed by atoms with Crippen LogP contribution in [0.25, 0.3) is 0 Å². The van der Waals surface area contributed by atoms with Crippen molar-refractivity contribution in [2.75, 3.05) is 7.11 Å². The quantitative estimate of drug-likeness (QED) is 0.739. The number of nitrogens with zero attached hydrogens (tertiary/aromatic N) is 1. The van der Waals surface area contributed by atoms with Gasteiger partial charge < -0.3 is 4.74 Å². The van der Waals surface area contributed by atoms with Crippen LogP contribution in [0.4, 0.5) is 0 Å². The lowest BCUT2D eigenvalue weighted by atomic mass is 10.3. The molecule has 0 aliphatic carbocycles. The Balaban J connectivity index is 3.40. The van der Waals surface area contributed by atoms with E-state index in [1.165, 1.54) is 0 Å². The molecule has 0 saturated heterocycles. The Kier molecular flexibility index (Phi) is 3.37. The molecule has 0 amide bonds. The molecule has 0 unspecified atom stereocenters. The fourth-order valence-corrected chi connectivity index (χ4v) is 2.48. The van der Waals surface area contributed by atoms with E-state index in [0.717, 1.165) is 10.0 Å². The topological polar surface area (TPSA) is 22.1 Å². The molecule has 1 aromatic heterocycles. The van der Waals surface area contributed by atoms with Crippen LogP contribution >= 0.6 is 43.5 Å². The summed E-state index contributed by atoms with van der Waals surface area (Å²) in [7, 11) is 1.58. The van der Waals surface area contributed by atoms with Gasteiger partial charge in [0.15, 0.2) is 10.4 Å². The zero-order valence-electron chi connectivity index (χ0n) is 6.49. The molecule has 0 fully saturated rings. The highest BCUT2D eigenvalue weighted by Gasteiger charge is 2.12. The first-order valence-electron chi connectivity index (χ1n) is 3.13. The van der Waals surface area contributed by atoms with E-state index in [4.69, 9.17) is 16.3 Å². The molecular formula is C7H6Br2ClNO. The minimum absolute atomic E-state index is 0.467. The maximum Gasteiger partial charge on any atom is 0.166 e. The highest BCUT2D eigenvalue weighted by molar-refractivity contribution is 9.11. The van der Waals surface area contributed by atoms with Crippen LogP contribution in [0.1, 0.15) is 5.56 Å². The second kappa shape index (κ2) is 3.94. The average Bonchev–Trinajstić information content (AvgIpc) is 2.01. The molecule has 0 saturated carbocycles. The Morgan fingerprint density at radius 2 is 2.00 bits per heavy atom. The summed E-state index contributed by atoms with van der Waals surface area (Å²) in [6.07, 6.45) is 0. The zero-order valence-corrected chi connectivity index (χ0v) is 10.4. The summed E-state index contributed by atoms with van der Waals surface area (Å²) in [5.41, 5.74) is 0.872. The molecule has 0 atom stereocenters. The largest absolute Gasteiger partial charge is 0.493 e. The Labute approximate surface area is 92.5 Å². The fourth-order valence-electron chi connectivity index (χ4n) is 0.746. The van der Waals surface area contributed by atoms with Gasteiger partial charge in [0.25, 0.3) is 0 Å². The van der Waals surface area contributed by atoms with Crippen molar-refractivity contribution in [3.63, 3.8) is 0 Å². The van der Waals surface area contributed by atoms with E-state index in [1.54, 1.807) is 7.11 Å². The molecule has 2 nitrogen and oxygen atoms in total. The number of hydrogen-bond donors (Lipinski definition) is 0. The molecular weight excluding hydrogens is 309 g/mol. The Morgan fingerprint density at radius 3 is 2.50 bits per heavy atom. The number of halogens is 3. The molecule has 1 rings (SSSR count). The van der Waals surface area contributed by atoms with E-state index in [1.807, 2.05) is 6.92 Å². The van der Waals surface area contributed by atoms with Crippen molar-refractivity contribution in [2.45, 2.75) is 6.92 Å². The molecule has 0 spiro atoms. The molecule has 0 radical (unpaired) electrons. The molecule has 5 heteroatoms. The highest BCUT2D eigenvalue weighted by Crippen LogP contribution is 2.36. The lowest BCUT2D eigenvalue weighted by Crippen LogP contribution is -1.92. The van der Waals surface area contributed by atoms with Crippen LogP contribution in [0, 0.1) is 6.92 Å². The second-order valence-corrected chi connectivity index (χ2v) is 4.07. The summed E-state index contributed by atoms with van der Waals surface area (Å²) in [6, 6.07) is 0. The number of ether oxygens (including phenoxy) is 1. The average molecular weight is 315 g/mol. The van der Waals surface area contributed by atoms with Gasteiger partial charge in [-0.1, -0.05) is 11.6 Å². The van der Waals surface area contributed by atoms with Crippen LogP contribution in [0.15, 0.2) is 9.08 Å². The summed E-state index contributed by atoms with van der Waals surface area (Å²) < 4.78 is 6.53. The standard InChI is InChI=1S/C7H6Br2ClNO/c1-3-4(8)5(12-2)6(9)11-7(3)10/h1-2H3. The third kappa shape index (κ3) is 1.75. The summed E-state index contributed by atoms with van der Waals surface area (Å²) in [5.74, 6) is 0.664. The lowest BCUT2D eigenvalue weighted by molar-refractivity contribution is 0.406. The molecule has 0 N–H and O–H groups in total. The van der Waals surface area contributed by atoms with E-state index in [2.05, 4.69) is 36.8 Å². The SMILES string of the molecule is COc1c(Br)nc(Cl)c(C)c1Br. The highest BCUT2D eigenvalue weighted by atomic mass is 79.9. The number of methoxy groups -OCH3 is 1. The van der Waals surface area contributed by atoms with Gasteiger partial charge in [-0.05, 0) is 38.8 Å². The predicted octanol–water partition coefficient (Wildman–Crippen LogP) is 3.58. The lowest BCUT2D eigenvalue weighted by Gasteiger charge is -2.08. The van der Waals surface area contributed by atoms with Gasteiger partial charge in [-0.15, -0.1) is 0 Å². The minimum Gasteiger partial charge on any atom is -0.493 e. The van der Waals surface area contributed by atoms with E-state index in [0.29, 0.717) is 15.5 Å². The van der Waals surface area contributed by atoms with Gasteiger partial charge in [-0.2, -0.15) is 0 Å². The first-order chi connectivity index (χ1) is 5.57. The Bertz CT molecular complexity index is 317. The Hall–Kier alpha value is 0.200. The van der Waals surface area contributed by atoms with E-state index in [-0.39, 0.29) is 0 Å². The summed E-state index contributed by atoms with van der Waals surface area (Å²) in [5, 5.41) is 0.467. The maximum atomic E-state index is 5.82. The van der Waals surface area contributed by atoms with Crippen LogP contribution in [-0.4, -0.2) is 12.1 Å². The smallest absolute Gasteiger partial charge is 0.166 e. The molecule has 0 aliphatic heterocycles. The predicted molar refractivity (Wildman–Crippen MR) is 55.9 cm³/mol. The van der Waals surface area contributed by atoms with Crippen LogP contribution in [0.2, 0.25) is 5.15 Å². The van der Waals surface area contributed by atoms with Crippen LogP contribution in [-0.2, 0) is 0 Å². The van der Waals surface area contributed by atoms with Crippen molar-refractivity contribution in [2.24, 2.45) is 0 Å². The third-order valence-electron chi connectivity index (χ3n) is 1.43. The number of hydrogen-bond acceptors (Lipinski definition) is 2. The molecule has 66 valence electrons. The van der Waals surface area contributed by atoms with Crippen LogP contribution < -0.4 is 4.74 Å². The second-order valence-electron chi connectivity index (χ2n) is 2.17. The molecule has 0 aromatic carbocycles. The monoisotopic (exact) mass is 313 g/mol. The van der Waals surface area contributed by atoms with E-state index < -0.39 is 0 Å².